The number of anilines is 1. The average Bonchev–Trinajstić information content (AvgIpc) is 2.95. The third-order valence-electron chi connectivity index (χ3n) is 4.05. The number of aryl methyl sites for hydroxylation is 1. The number of benzene rings is 2. The number of fused-ring (bicyclic) bond motifs is 3. The van der Waals surface area contributed by atoms with E-state index in [4.69, 9.17) is 0 Å². The molecule has 0 saturated heterocycles. The van der Waals surface area contributed by atoms with E-state index < -0.39 is 17.5 Å². The Kier molecular flexibility index (Phi) is 3.80. The van der Waals surface area contributed by atoms with Gasteiger partial charge in [-0.25, -0.2) is 8.78 Å². The molecule has 1 aliphatic heterocycles. The van der Waals surface area contributed by atoms with Crippen molar-refractivity contribution in [3.63, 3.8) is 0 Å². The number of halogens is 2. The van der Waals surface area contributed by atoms with Gasteiger partial charge in [0.25, 0.3) is 5.91 Å². The highest BCUT2D eigenvalue weighted by molar-refractivity contribution is 7.98. The molecule has 1 aromatic heterocycles. The highest BCUT2D eigenvalue weighted by Gasteiger charge is 2.27. The second kappa shape index (κ2) is 6.00. The fourth-order valence-corrected chi connectivity index (χ4v) is 4.00. The summed E-state index contributed by atoms with van der Waals surface area (Å²) in [6, 6.07) is 11.0. The molecule has 0 fully saturated rings. The Morgan fingerprint density at radius 2 is 2.04 bits per heavy atom. The van der Waals surface area contributed by atoms with Crippen molar-refractivity contribution in [3.05, 3.63) is 65.4 Å². The van der Waals surface area contributed by atoms with E-state index in [0.29, 0.717) is 5.75 Å². The maximum Gasteiger partial charge on any atom is 0.276 e. The van der Waals surface area contributed by atoms with Crippen molar-refractivity contribution in [1.82, 2.24) is 9.78 Å². The molecule has 0 spiro atoms. The van der Waals surface area contributed by atoms with Gasteiger partial charge in [0.1, 0.15) is 11.6 Å². The predicted molar refractivity (Wildman–Crippen MR) is 92.5 cm³/mol. The molecule has 0 aliphatic carbocycles. The second-order valence-electron chi connectivity index (χ2n) is 5.66. The van der Waals surface area contributed by atoms with Gasteiger partial charge in [-0.3, -0.25) is 9.48 Å². The van der Waals surface area contributed by atoms with Gasteiger partial charge >= 0.3 is 0 Å². The lowest BCUT2D eigenvalue weighted by atomic mass is 10.1. The van der Waals surface area contributed by atoms with E-state index >= 15 is 0 Å². The zero-order valence-electron chi connectivity index (χ0n) is 13.2. The van der Waals surface area contributed by atoms with Crippen LogP contribution in [0, 0.1) is 11.6 Å². The van der Waals surface area contributed by atoms with Crippen LogP contribution in [0.5, 0.6) is 0 Å². The Morgan fingerprint density at radius 1 is 1.24 bits per heavy atom. The lowest BCUT2D eigenvalue weighted by Gasteiger charge is -2.17. The number of thioether (sulfide) groups is 1. The molecule has 1 aliphatic rings. The molecule has 7 heteroatoms. The summed E-state index contributed by atoms with van der Waals surface area (Å²) in [6.45, 7) is 0. The Morgan fingerprint density at radius 3 is 2.84 bits per heavy atom. The summed E-state index contributed by atoms with van der Waals surface area (Å²) in [5, 5.41) is 6.80. The van der Waals surface area contributed by atoms with Crippen molar-refractivity contribution >= 4 is 23.4 Å². The van der Waals surface area contributed by atoms with E-state index in [1.165, 1.54) is 6.07 Å². The van der Waals surface area contributed by atoms with Crippen molar-refractivity contribution < 1.29 is 13.6 Å². The summed E-state index contributed by atoms with van der Waals surface area (Å²) in [5.41, 5.74) is 2.90. The molecule has 0 bridgehead atoms. The molecule has 3 aromatic rings. The van der Waals surface area contributed by atoms with Crippen LogP contribution in [0.2, 0.25) is 0 Å². The van der Waals surface area contributed by atoms with Gasteiger partial charge in [0, 0.05) is 34.9 Å². The third-order valence-corrected chi connectivity index (χ3v) is 5.15. The Balaban J connectivity index is 1.72. The van der Waals surface area contributed by atoms with Gasteiger partial charge in [-0.05, 0) is 18.2 Å². The minimum Gasteiger partial charge on any atom is -0.318 e. The smallest absolute Gasteiger partial charge is 0.276 e. The molecular formula is C18H13F2N3OS. The van der Waals surface area contributed by atoms with E-state index in [1.807, 2.05) is 24.3 Å². The standard InChI is InChI=1S/C18H13F2N3OS/c1-23-17-11-4-2-3-5-15(11)25-9-12(17)16(22-23)18(24)21-14-7-6-10(19)8-13(14)20/h2-8H,9H2,1H3,(H,21,24). The normalized spacial score (nSPS) is 12.4. The fourth-order valence-electron chi connectivity index (χ4n) is 2.93. The van der Waals surface area contributed by atoms with Gasteiger partial charge in [0.2, 0.25) is 0 Å². The zero-order valence-corrected chi connectivity index (χ0v) is 14.0. The quantitative estimate of drug-likeness (QED) is 0.747. The molecule has 1 amide bonds. The number of hydrogen-bond donors (Lipinski definition) is 1. The first kappa shape index (κ1) is 15.8. The first-order valence-electron chi connectivity index (χ1n) is 7.59. The van der Waals surface area contributed by atoms with Crippen LogP contribution in [-0.4, -0.2) is 15.7 Å². The van der Waals surface area contributed by atoms with Crippen molar-refractivity contribution in [1.29, 1.82) is 0 Å². The number of nitrogens with zero attached hydrogens (tertiary/aromatic N) is 2. The third kappa shape index (κ3) is 2.70. The van der Waals surface area contributed by atoms with Crippen LogP contribution >= 0.6 is 11.8 Å². The van der Waals surface area contributed by atoms with E-state index in [9.17, 15) is 13.6 Å². The number of carbonyl (C=O) groups excluding carboxylic acids is 1. The van der Waals surface area contributed by atoms with Crippen LogP contribution in [0.1, 0.15) is 16.1 Å². The number of hydrogen-bond acceptors (Lipinski definition) is 3. The highest BCUT2D eigenvalue weighted by Crippen LogP contribution is 2.42. The second-order valence-corrected chi connectivity index (χ2v) is 6.68. The molecule has 4 rings (SSSR count). The van der Waals surface area contributed by atoms with E-state index in [2.05, 4.69) is 10.4 Å². The van der Waals surface area contributed by atoms with Crippen molar-refractivity contribution in [2.45, 2.75) is 10.6 Å². The maximum absolute atomic E-state index is 13.8. The summed E-state index contributed by atoms with van der Waals surface area (Å²) in [7, 11) is 1.78. The van der Waals surface area contributed by atoms with Gasteiger partial charge in [-0.1, -0.05) is 18.2 Å². The number of carbonyl (C=O) groups is 1. The van der Waals surface area contributed by atoms with Crippen LogP contribution in [0.3, 0.4) is 0 Å². The lowest BCUT2D eigenvalue weighted by Crippen LogP contribution is -2.16. The minimum atomic E-state index is -0.821. The van der Waals surface area contributed by atoms with E-state index in [0.717, 1.165) is 33.8 Å². The van der Waals surface area contributed by atoms with Crippen LogP contribution < -0.4 is 5.32 Å². The zero-order chi connectivity index (χ0) is 17.6. The van der Waals surface area contributed by atoms with E-state index in [1.54, 1.807) is 23.5 Å². The first-order chi connectivity index (χ1) is 12.0. The fraction of sp³-hybridized carbons (Fsp3) is 0.111. The number of aromatic nitrogens is 2. The van der Waals surface area contributed by atoms with Gasteiger partial charge in [-0.15, -0.1) is 11.8 Å². The predicted octanol–water partition coefficient (Wildman–Crippen LogP) is 4.22. The Bertz CT molecular complexity index is 1000. The van der Waals surface area contributed by atoms with Crippen LogP contribution in [-0.2, 0) is 12.8 Å². The summed E-state index contributed by atoms with van der Waals surface area (Å²) in [5.74, 6) is -1.42. The van der Waals surface area contributed by atoms with Gasteiger partial charge in [-0.2, -0.15) is 5.10 Å². The summed E-state index contributed by atoms with van der Waals surface area (Å²) < 4.78 is 28.5. The molecule has 25 heavy (non-hydrogen) atoms. The average molecular weight is 357 g/mol. The van der Waals surface area contributed by atoms with Crippen molar-refractivity contribution in [3.8, 4) is 11.3 Å². The Hall–Kier alpha value is -2.67. The molecule has 4 nitrogen and oxygen atoms in total. The van der Waals surface area contributed by atoms with Gasteiger partial charge < -0.3 is 5.32 Å². The number of amides is 1. The molecule has 2 heterocycles. The van der Waals surface area contributed by atoms with Gasteiger partial charge in [0.15, 0.2) is 5.69 Å². The van der Waals surface area contributed by atoms with Gasteiger partial charge in [0.05, 0.1) is 11.4 Å². The van der Waals surface area contributed by atoms with E-state index in [-0.39, 0.29) is 11.4 Å². The highest BCUT2D eigenvalue weighted by atomic mass is 32.2. The summed E-state index contributed by atoms with van der Waals surface area (Å²) in [6.07, 6.45) is 0. The largest absolute Gasteiger partial charge is 0.318 e. The minimum absolute atomic E-state index is 0.0744. The first-order valence-corrected chi connectivity index (χ1v) is 8.57. The monoisotopic (exact) mass is 357 g/mol. The lowest BCUT2D eigenvalue weighted by molar-refractivity contribution is 0.102. The molecule has 0 saturated carbocycles. The van der Waals surface area contributed by atoms with Crippen molar-refractivity contribution in [2.75, 3.05) is 5.32 Å². The molecule has 2 aromatic carbocycles. The molecule has 0 radical (unpaired) electrons. The molecule has 126 valence electrons. The Labute approximate surface area is 146 Å². The summed E-state index contributed by atoms with van der Waals surface area (Å²) in [4.78, 5) is 13.7. The van der Waals surface area contributed by atoms with Crippen LogP contribution in [0.25, 0.3) is 11.3 Å². The SMILES string of the molecule is Cn1nc(C(=O)Nc2ccc(F)cc2F)c2c1-c1ccccc1SC2. The van der Waals surface area contributed by atoms with Crippen molar-refractivity contribution in [2.24, 2.45) is 7.05 Å². The molecular weight excluding hydrogens is 344 g/mol. The molecule has 0 atom stereocenters. The van der Waals surface area contributed by atoms with Crippen LogP contribution in [0.4, 0.5) is 14.5 Å². The van der Waals surface area contributed by atoms with Crippen LogP contribution in [0.15, 0.2) is 47.4 Å². The summed E-state index contributed by atoms with van der Waals surface area (Å²) >= 11 is 1.63. The maximum atomic E-state index is 13.8. The topological polar surface area (TPSA) is 46.9 Å². The number of nitrogens with one attached hydrogen (secondary N) is 1. The molecule has 0 unspecified atom stereocenters. The molecule has 1 N–H and O–H groups in total. The number of rotatable bonds is 2.